The van der Waals surface area contributed by atoms with Crippen molar-refractivity contribution in [3.63, 3.8) is 0 Å². The maximum atomic E-state index is 13.7. The average Bonchev–Trinajstić information content (AvgIpc) is 3.25. The lowest BCUT2D eigenvalue weighted by Gasteiger charge is -2.23. The van der Waals surface area contributed by atoms with Gasteiger partial charge in [-0.2, -0.15) is 19.4 Å². The number of imidazole rings is 1. The van der Waals surface area contributed by atoms with Gasteiger partial charge in [0.1, 0.15) is 23.2 Å². The van der Waals surface area contributed by atoms with Crippen molar-refractivity contribution in [3.05, 3.63) is 64.7 Å². The van der Waals surface area contributed by atoms with E-state index >= 15 is 0 Å². The molecule has 1 atom stereocenters. The Hall–Kier alpha value is -3.29. The third kappa shape index (κ3) is 4.06. The summed E-state index contributed by atoms with van der Waals surface area (Å²) >= 11 is 0.972. The number of aryl methyl sites for hydroxylation is 1. The Balaban J connectivity index is 1.39. The molecule has 1 N–H and O–H groups in total. The van der Waals surface area contributed by atoms with Crippen molar-refractivity contribution in [1.82, 2.24) is 28.8 Å². The molecule has 3 aromatic rings. The van der Waals surface area contributed by atoms with E-state index in [0.29, 0.717) is 10.6 Å². The molecule has 186 valence electrons. The van der Waals surface area contributed by atoms with Crippen LogP contribution in [0.4, 0.5) is 4.79 Å². The molecule has 1 aliphatic carbocycles. The topological polar surface area (TPSA) is 122 Å². The summed E-state index contributed by atoms with van der Waals surface area (Å²) in [5.74, 6) is -1.31. The summed E-state index contributed by atoms with van der Waals surface area (Å²) in [6.45, 7) is 2.08. The van der Waals surface area contributed by atoms with Gasteiger partial charge in [-0.05, 0) is 43.7 Å². The van der Waals surface area contributed by atoms with Gasteiger partial charge in [0.2, 0.25) is 10.0 Å². The van der Waals surface area contributed by atoms with E-state index in [9.17, 15) is 18.0 Å². The number of hydrogen-bond donors (Lipinski definition) is 1. The first-order chi connectivity index (χ1) is 17.1. The number of nitrogens with zero attached hydrogens (tertiary/aromatic N) is 6. The maximum absolute atomic E-state index is 13.7. The summed E-state index contributed by atoms with van der Waals surface area (Å²) in [6, 6.07) is 3.29. The first kappa shape index (κ1) is 23.1. The van der Waals surface area contributed by atoms with Crippen LogP contribution in [0.5, 0.6) is 0 Å². The number of pyridine rings is 1. The van der Waals surface area contributed by atoms with Crippen LogP contribution in [0, 0.1) is 5.92 Å². The van der Waals surface area contributed by atoms with Gasteiger partial charge in [-0.1, -0.05) is 6.07 Å². The molecule has 0 saturated heterocycles. The van der Waals surface area contributed by atoms with Gasteiger partial charge in [-0.15, -0.1) is 0 Å². The highest BCUT2D eigenvalue weighted by Crippen LogP contribution is 2.42. The lowest BCUT2D eigenvalue weighted by atomic mass is 10.1. The van der Waals surface area contributed by atoms with Crippen LogP contribution < -0.4 is 4.72 Å². The van der Waals surface area contributed by atoms with E-state index in [0.717, 1.165) is 35.7 Å². The molecule has 3 amide bonds. The van der Waals surface area contributed by atoms with Gasteiger partial charge < -0.3 is 4.40 Å². The number of carbonyl (C=O) groups is 2. The van der Waals surface area contributed by atoms with E-state index in [2.05, 4.69) is 14.8 Å². The van der Waals surface area contributed by atoms with Crippen molar-refractivity contribution >= 4 is 44.3 Å². The van der Waals surface area contributed by atoms with Crippen LogP contribution in [-0.4, -0.2) is 59.6 Å². The highest BCUT2D eigenvalue weighted by molar-refractivity contribution is 8.27. The van der Waals surface area contributed by atoms with Crippen molar-refractivity contribution < 1.29 is 22.6 Å². The van der Waals surface area contributed by atoms with Crippen LogP contribution in [0.2, 0.25) is 0 Å². The lowest BCUT2D eigenvalue weighted by Crippen LogP contribution is -2.52. The Morgan fingerprint density at radius 3 is 2.72 bits per heavy atom. The van der Waals surface area contributed by atoms with Gasteiger partial charge in [0.25, 0.3) is 0 Å². The number of thioether (sulfide) groups is 1. The molecule has 1 saturated carbocycles. The summed E-state index contributed by atoms with van der Waals surface area (Å²) in [6.07, 6.45) is 11.6. The molecule has 3 aliphatic rings. The molecule has 1 fully saturated rings. The number of rotatable bonds is 7. The lowest BCUT2D eigenvalue weighted by molar-refractivity contribution is -0.454. The highest BCUT2D eigenvalue weighted by atomic mass is 32.3. The minimum Gasteiger partial charge on any atom is -0.306 e. The van der Waals surface area contributed by atoms with Crippen LogP contribution in [0.25, 0.3) is 5.52 Å². The quantitative estimate of drug-likeness (QED) is 0.466. The van der Waals surface area contributed by atoms with Crippen molar-refractivity contribution in [2.24, 2.45) is 13.0 Å². The van der Waals surface area contributed by atoms with Crippen LogP contribution in [-0.2, 0) is 35.0 Å². The molecular formula is C23H24N7O4S2+. The number of aromatic nitrogens is 4. The number of urea groups is 1. The maximum Gasteiger partial charge on any atom is 0.501 e. The summed E-state index contributed by atoms with van der Waals surface area (Å²) in [7, 11) is -2.07. The Labute approximate surface area is 211 Å². The first-order valence-corrected chi connectivity index (χ1v) is 13.7. The SMILES string of the molecule is Cn1cc(CN2C(=O)C3C=C(S(=O)(=O)NC4(C)CC4)SC3=[N+](Cc3ccc4cncn4c3)C2=O)cn1. The molecule has 36 heavy (non-hydrogen) atoms. The molecule has 11 nitrogen and oxygen atoms in total. The smallest absolute Gasteiger partial charge is 0.306 e. The van der Waals surface area contributed by atoms with E-state index in [-0.39, 0.29) is 17.3 Å². The predicted molar refractivity (Wildman–Crippen MR) is 132 cm³/mol. The second-order valence-electron chi connectivity index (χ2n) is 9.65. The molecule has 1 unspecified atom stereocenters. The zero-order chi connectivity index (χ0) is 25.2. The van der Waals surface area contributed by atoms with E-state index in [4.69, 9.17) is 0 Å². The highest BCUT2D eigenvalue weighted by Gasteiger charge is 2.53. The second-order valence-corrected chi connectivity index (χ2v) is 12.6. The second kappa shape index (κ2) is 8.11. The molecule has 3 aromatic heterocycles. The first-order valence-electron chi connectivity index (χ1n) is 11.4. The number of sulfonamides is 1. The van der Waals surface area contributed by atoms with Gasteiger partial charge in [-0.3, -0.25) is 4.68 Å². The van der Waals surface area contributed by atoms with Crippen molar-refractivity contribution in [1.29, 1.82) is 0 Å². The fourth-order valence-corrected chi connectivity index (χ4v) is 7.44. The fourth-order valence-electron chi connectivity index (χ4n) is 4.39. The molecule has 5 heterocycles. The van der Waals surface area contributed by atoms with E-state index in [1.807, 2.05) is 29.7 Å². The van der Waals surface area contributed by atoms with Crippen molar-refractivity contribution in [2.75, 3.05) is 0 Å². The number of imide groups is 1. The van der Waals surface area contributed by atoms with Crippen LogP contribution in [0.1, 0.15) is 30.9 Å². The van der Waals surface area contributed by atoms with Crippen molar-refractivity contribution in [3.8, 4) is 0 Å². The number of hydrogen-bond acceptors (Lipinski definition) is 7. The van der Waals surface area contributed by atoms with Crippen molar-refractivity contribution in [2.45, 2.75) is 38.4 Å². The zero-order valence-corrected chi connectivity index (χ0v) is 21.3. The molecular weight excluding hydrogens is 502 g/mol. The molecule has 0 spiro atoms. The van der Waals surface area contributed by atoms with Gasteiger partial charge in [0, 0.05) is 36.1 Å². The Bertz CT molecular complexity index is 1600. The molecule has 0 aromatic carbocycles. The molecule has 13 heteroatoms. The van der Waals surface area contributed by atoms with Gasteiger partial charge in [0.05, 0.1) is 24.2 Å². The van der Waals surface area contributed by atoms with Crippen LogP contribution >= 0.6 is 11.8 Å². The normalized spacial score (nSPS) is 21.3. The van der Waals surface area contributed by atoms with Gasteiger partial charge in [-0.25, -0.2) is 22.9 Å². The van der Waals surface area contributed by atoms with Gasteiger partial charge >= 0.3 is 11.9 Å². The van der Waals surface area contributed by atoms with Crippen LogP contribution in [0.3, 0.4) is 0 Å². The van der Waals surface area contributed by atoms with E-state index in [1.54, 1.807) is 36.6 Å². The number of amides is 3. The Morgan fingerprint density at radius 2 is 2.00 bits per heavy atom. The molecule has 6 rings (SSSR count). The molecule has 0 radical (unpaired) electrons. The standard InChI is InChI=1S/C23H24N7O4S2/c1-23(5-6-23)26-36(33,34)19-7-18-20(31)29(13-16-8-25-27(2)10-16)22(32)30(21(18)35-19)12-15-3-4-17-9-24-14-28(17)11-15/h3-4,7-11,14,18,26H,5-6,12-13H2,1-2H3/q+1. The zero-order valence-electron chi connectivity index (χ0n) is 19.7. The fraction of sp³-hybridized carbons (Fsp3) is 0.348. The largest absolute Gasteiger partial charge is 0.501 e. The van der Waals surface area contributed by atoms with E-state index < -0.39 is 33.4 Å². The summed E-state index contributed by atoms with van der Waals surface area (Å²) in [5.41, 5.74) is 1.97. The third-order valence-corrected chi connectivity index (χ3v) is 9.94. The number of carbonyl (C=O) groups excluding carboxylic acids is 2. The molecule has 0 bridgehead atoms. The summed E-state index contributed by atoms with van der Waals surface area (Å²) in [4.78, 5) is 32.4. The van der Waals surface area contributed by atoms with E-state index in [1.165, 1.54) is 15.6 Å². The minimum absolute atomic E-state index is 0.0449. The van der Waals surface area contributed by atoms with Crippen LogP contribution in [0.15, 0.2) is 53.6 Å². The number of fused-ring (bicyclic) bond motifs is 2. The third-order valence-electron chi connectivity index (χ3n) is 6.59. The summed E-state index contributed by atoms with van der Waals surface area (Å²) < 4.78 is 34.0. The minimum atomic E-state index is -3.83. The monoisotopic (exact) mass is 526 g/mol. The average molecular weight is 527 g/mol. The summed E-state index contributed by atoms with van der Waals surface area (Å²) in [5, 5.41) is 4.53. The predicted octanol–water partition coefficient (Wildman–Crippen LogP) is 1.82. The Kier molecular flexibility index (Phi) is 5.21. The number of nitrogens with one attached hydrogen (secondary N) is 1. The Morgan fingerprint density at radius 1 is 1.19 bits per heavy atom. The van der Waals surface area contributed by atoms with Gasteiger partial charge in [0.15, 0.2) is 5.04 Å². The molecule has 2 aliphatic heterocycles.